The average Bonchev–Trinajstić information content (AvgIpc) is 3.78. The van der Waals surface area contributed by atoms with Crippen LogP contribution in [-0.2, 0) is 6.42 Å². The van der Waals surface area contributed by atoms with Crippen LogP contribution >= 0.6 is 43.4 Å². The van der Waals surface area contributed by atoms with E-state index in [4.69, 9.17) is 4.99 Å². The standard InChI is InChI=1S/C48H30IN3S2/c50-47(32-21-24-44-39(28-32)35-14-4-6-18-42(35)54-44)51-48(49-26-25-29-19-23-43-38(27-29)34-13-3-5-17-41(34)53-43)52-40-16-8-11-31-10-7-15-36(45(31)40)37-22-20-30-9-1-2-12-33(30)46(37)52/h1-24,26-28,50H,25H2. The van der Waals surface area contributed by atoms with Gasteiger partial charge in [0.25, 0.3) is 0 Å². The first kappa shape index (κ1) is 31.9. The second kappa shape index (κ2) is 12.8. The lowest BCUT2D eigenvalue weighted by atomic mass is 9.89. The Bertz CT molecular complexity index is 3240. The third-order valence-corrected chi connectivity index (χ3v) is 15.0. The topological polar surface area (TPSA) is 39.5 Å². The van der Waals surface area contributed by atoms with Crippen molar-refractivity contribution >= 4 is 130 Å². The van der Waals surface area contributed by atoms with Crippen molar-refractivity contribution in [3.63, 3.8) is 0 Å². The Kier molecular flexibility index (Phi) is 7.57. The molecular weight excluding hydrogens is 810 g/mol. The summed E-state index contributed by atoms with van der Waals surface area (Å²) in [5.74, 6) is 0.286. The van der Waals surface area contributed by atoms with Gasteiger partial charge in [-0.3, -0.25) is 10.3 Å². The second-order valence-electron chi connectivity index (χ2n) is 13.6. The van der Waals surface area contributed by atoms with Gasteiger partial charge in [0, 0.05) is 62.2 Å². The highest BCUT2D eigenvalue weighted by Crippen LogP contribution is 2.51. The van der Waals surface area contributed by atoms with Gasteiger partial charge in [-0.2, -0.15) is 0 Å². The van der Waals surface area contributed by atoms with Crippen molar-refractivity contribution in [2.24, 2.45) is 4.99 Å². The van der Waals surface area contributed by atoms with Gasteiger partial charge in [0.1, 0.15) is 0 Å². The molecule has 0 fully saturated rings. The number of aliphatic imine (C=N–C) groups is 1. The fraction of sp³-hybridized carbons (Fsp3) is 0.0208. The first-order valence-electron chi connectivity index (χ1n) is 18.0. The Morgan fingerprint density at radius 1 is 0.574 bits per heavy atom. The molecule has 10 aromatic rings. The molecular formula is C48H30IN3S2. The van der Waals surface area contributed by atoms with Crippen molar-refractivity contribution in [3.05, 3.63) is 169 Å². The van der Waals surface area contributed by atoms with Crippen LogP contribution in [0.25, 0.3) is 73.0 Å². The van der Waals surface area contributed by atoms with E-state index >= 15 is 0 Å². The SMILES string of the molecule is N=C(N=C(I=CCc1ccc2sc3ccccc3c2c1)N1c2c(ccc3ccccc23)-c2cccc3cccc1c23)c1ccc2sc3ccccc3c2c1. The number of nitrogens with zero attached hydrogens (tertiary/aromatic N) is 2. The number of amidine groups is 2. The van der Waals surface area contributed by atoms with Crippen LogP contribution in [0.3, 0.4) is 0 Å². The van der Waals surface area contributed by atoms with E-state index in [1.807, 2.05) is 11.3 Å². The Hall–Kier alpha value is -5.54. The average molecular weight is 840 g/mol. The smallest absolute Gasteiger partial charge is 0.172 e. The lowest BCUT2D eigenvalue weighted by Gasteiger charge is -2.34. The molecule has 1 aliphatic rings. The Labute approximate surface area is 329 Å². The van der Waals surface area contributed by atoms with E-state index in [0.717, 1.165) is 27.2 Å². The van der Waals surface area contributed by atoms with Crippen molar-refractivity contribution in [2.45, 2.75) is 6.42 Å². The number of nitrogens with one attached hydrogen (secondary N) is 1. The van der Waals surface area contributed by atoms with E-state index in [2.05, 4.69) is 167 Å². The molecule has 0 unspecified atom stereocenters. The molecule has 3 heterocycles. The molecule has 256 valence electrons. The van der Waals surface area contributed by atoms with Gasteiger partial charge in [0.15, 0.2) is 9.68 Å². The van der Waals surface area contributed by atoms with E-state index in [1.165, 1.54) is 78.6 Å². The van der Waals surface area contributed by atoms with Crippen molar-refractivity contribution in [1.82, 2.24) is 0 Å². The molecule has 54 heavy (non-hydrogen) atoms. The van der Waals surface area contributed by atoms with E-state index in [-0.39, 0.29) is 5.84 Å². The van der Waals surface area contributed by atoms with Gasteiger partial charge in [-0.05, 0) is 102 Å². The third kappa shape index (κ3) is 5.16. The van der Waals surface area contributed by atoms with Gasteiger partial charge in [0.05, 0.1) is 11.4 Å². The number of benzene rings is 8. The molecule has 0 saturated carbocycles. The maximum Gasteiger partial charge on any atom is 0.172 e. The van der Waals surface area contributed by atoms with E-state index in [0.29, 0.717) is 0 Å². The predicted octanol–water partition coefficient (Wildman–Crippen LogP) is 14.2. The predicted molar refractivity (Wildman–Crippen MR) is 246 cm³/mol. The number of anilines is 2. The van der Waals surface area contributed by atoms with E-state index in [1.54, 1.807) is 11.3 Å². The van der Waals surface area contributed by atoms with Crippen LogP contribution in [0.2, 0.25) is 0 Å². The highest BCUT2D eigenvalue weighted by molar-refractivity contribution is 14.2. The number of halogens is 1. The third-order valence-electron chi connectivity index (χ3n) is 10.5. The molecule has 8 aromatic carbocycles. The Morgan fingerprint density at radius 2 is 1.22 bits per heavy atom. The first-order valence-corrected chi connectivity index (χ1v) is 21.9. The molecule has 3 nitrogen and oxygen atoms in total. The Balaban J connectivity index is 1.10. The van der Waals surface area contributed by atoms with Gasteiger partial charge in [-0.25, -0.2) is 4.99 Å². The molecule has 11 rings (SSSR count). The van der Waals surface area contributed by atoms with Crippen LogP contribution in [0.4, 0.5) is 11.4 Å². The van der Waals surface area contributed by atoms with Crippen LogP contribution in [-0.4, -0.2) is 13.7 Å². The lowest BCUT2D eigenvalue weighted by molar-refractivity contribution is 1.36. The summed E-state index contributed by atoms with van der Waals surface area (Å²) in [4.78, 5) is 7.77. The van der Waals surface area contributed by atoms with E-state index in [9.17, 15) is 5.41 Å². The summed E-state index contributed by atoms with van der Waals surface area (Å²) in [6.07, 6.45) is 0.837. The molecule has 0 atom stereocenters. The molecule has 1 N–H and O–H groups in total. The van der Waals surface area contributed by atoms with Crippen molar-refractivity contribution in [3.8, 4) is 11.1 Å². The quantitative estimate of drug-likeness (QED) is 0.0815. The number of hydrogen-bond donors (Lipinski definition) is 1. The van der Waals surface area contributed by atoms with Crippen LogP contribution < -0.4 is 4.90 Å². The first-order chi connectivity index (χ1) is 26.7. The molecule has 0 bridgehead atoms. The summed E-state index contributed by atoms with van der Waals surface area (Å²) in [6.45, 7) is 0. The molecule has 0 aliphatic carbocycles. The zero-order chi connectivity index (χ0) is 35.8. The Morgan fingerprint density at radius 3 is 2.02 bits per heavy atom. The van der Waals surface area contributed by atoms with Gasteiger partial charge in [-0.1, -0.05) is 109 Å². The van der Waals surface area contributed by atoms with Gasteiger partial charge in [-0.15, -0.1) is 22.7 Å². The maximum absolute atomic E-state index is 9.60. The van der Waals surface area contributed by atoms with Gasteiger partial charge in [0.2, 0.25) is 0 Å². The molecule has 1 aliphatic heterocycles. The highest BCUT2D eigenvalue weighted by atomic mass is 127. The van der Waals surface area contributed by atoms with Gasteiger partial charge >= 0.3 is 0 Å². The van der Waals surface area contributed by atoms with Crippen molar-refractivity contribution in [1.29, 1.82) is 5.41 Å². The van der Waals surface area contributed by atoms with Crippen LogP contribution in [0.1, 0.15) is 11.1 Å². The van der Waals surface area contributed by atoms with E-state index < -0.39 is 20.7 Å². The lowest BCUT2D eigenvalue weighted by Crippen LogP contribution is -2.26. The number of hydrogen-bond acceptors (Lipinski definition) is 3. The largest absolute Gasteiger partial charge is 0.288 e. The van der Waals surface area contributed by atoms with Crippen LogP contribution in [0.15, 0.2) is 163 Å². The number of thiophene rings is 2. The molecule has 6 heteroatoms. The summed E-state index contributed by atoms with van der Waals surface area (Å²) < 4.78 is 8.53. The monoisotopic (exact) mass is 839 g/mol. The van der Waals surface area contributed by atoms with Crippen LogP contribution in [0, 0.1) is 5.41 Å². The second-order valence-corrected chi connectivity index (χ2v) is 18.3. The minimum atomic E-state index is -0.783. The minimum absolute atomic E-state index is 0.286. The van der Waals surface area contributed by atoms with Gasteiger partial charge < -0.3 is 0 Å². The molecule has 0 radical (unpaired) electrons. The zero-order valence-corrected chi connectivity index (χ0v) is 32.7. The maximum atomic E-state index is 9.60. The van der Waals surface area contributed by atoms with Crippen LogP contribution in [0.5, 0.6) is 0 Å². The minimum Gasteiger partial charge on any atom is -0.288 e. The molecule has 0 spiro atoms. The van der Waals surface area contributed by atoms with Crippen molar-refractivity contribution < 1.29 is 0 Å². The summed E-state index contributed by atoms with van der Waals surface area (Å²) in [5.41, 5.74) is 6.83. The summed E-state index contributed by atoms with van der Waals surface area (Å²) in [5, 5.41) is 19.5. The molecule has 0 amide bonds. The van der Waals surface area contributed by atoms with Crippen molar-refractivity contribution in [2.75, 3.05) is 4.90 Å². The highest BCUT2D eigenvalue weighted by Gasteiger charge is 2.29. The fourth-order valence-electron chi connectivity index (χ4n) is 8.01. The molecule has 2 aromatic heterocycles. The normalized spacial score (nSPS) is 13.1. The number of rotatable bonds is 4. The number of fused-ring (bicyclic) bond motifs is 10. The summed E-state index contributed by atoms with van der Waals surface area (Å²) in [7, 11) is 0. The molecule has 0 saturated heterocycles. The zero-order valence-electron chi connectivity index (χ0n) is 28.9. The summed E-state index contributed by atoms with van der Waals surface area (Å²) >= 11 is 2.88. The fourth-order valence-corrected chi connectivity index (χ4v) is 12.5. The summed E-state index contributed by atoms with van der Waals surface area (Å²) in [6, 6.07) is 57.0.